The van der Waals surface area contributed by atoms with Gasteiger partial charge in [0.2, 0.25) is 0 Å². The van der Waals surface area contributed by atoms with Crippen molar-refractivity contribution < 1.29 is 0 Å². The van der Waals surface area contributed by atoms with Crippen LogP contribution in [-0.2, 0) is 5.41 Å². The molecular weight excluding hydrogens is 697 g/mol. The van der Waals surface area contributed by atoms with Crippen molar-refractivity contribution in [3.8, 4) is 11.1 Å². The van der Waals surface area contributed by atoms with Crippen molar-refractivity contribution in [2.75, 3.05) is 9.80 Å². The van der Waals surface area contributed by atoms with Crippen LogP contribution in [0.15, 0.2) is 228 Å². The van der Waals surface area contributed by atoms with Crippen LogP contribution in [0, 0.1) is 0 Å². The van der Waals surface area contributed by atoms with Crippen LogP contribution in [0.3, 0.4) is 0 Å². The zero-order chi connectivity index (χ0) is 37.1. The largest absolute Gasteiger partial charge is 0.310 e. The van der Waals surface area contributed by atoms with E-state index < -0.39 is 5.41 Å². The van der Waals surface area contributed by atoms with E-state index in [1.807, 2.05) is 11.8 Å². The molecule has 2 nitrogen and oxygen atoms in total. The highest BCUT2D eigenvalue weighted by Gasteiger charge is 2.51. The Morgan fingerprint density at radius 1 is 0.321 bits per heavy atom. The van der Waals surface area contributed by atoms with Gasteiger partial charge in [-0.2, -0.15) is 0 Å². The lowest BCUT2D eigenvalue weighted by Gasteiger charge is -2.40. The van der Waals surface area contributed by atoms with Gasteiger partial charge < -0.3 is 9.80 Å². The molecule has 0 amide bonds. The third-order valence-electron chi connectivity index (χ3n) is 11.5. The molecule has 0 atom stereocenters. The number of para-hydroxylation sites is 4. The van der Waals surface area contributed by atoms with Gasteiger partial charge in [0.25, 0.3) is 0 Å². The summed E-state index contributed by atoms with van der Waals surface area (Å²) in [7, 11) is 0. The van der Waals surface area contributed by atoms with Crippen LogP contribution in [0.1, 0.15) is 22.3 Å². The monoisotopic (exact) mass is 732 g/mol. The molecule has 1 aliphatic heterocycles. The van der Waals surface area contributed by atoms with Gasteiger partial charge in [-0.1, -0.05) is 151 Å². The first-order valence-electron chi connectivity index (χ1n) is 19.2. The van der Waals surface area contributed by atoms with Crippen LogP contribution in [-0.4, -0.2) is 0 Å². The first-order chi connectivity index (χ1) is 27.8. The summed E-state index contributed by atoms with van der Waals surface area (Å²) in [6.07, 6.45) is 0. The fraction of sp³-hybridized carbons (Fsp3) is 0.0189. The van der Waals surface area contributed by atoms with Gasteiger partial charge in [-0.05, 0) is 118 Å². The summed E-state index contributed by atoms with van der Waals surface area (Å²) in [5.41, 5.74) is 14.0. The molecule has 0 radical (unpaired) electrons. The van der Waals surface area contributed by atoms with Gasteiger partial charge >= 0.3 is 0 Å². The van der Waals surface area contributed by atoms with Crippen molar-refractivity contribution in [3.05, 3.63) is 241 Å². The van der Waals surface area contributed by atoms with E-state index in [4.69, 9.17) is 0 Å². The van der Waals surface area contributed by atoms with Crippen LogP contribution in [0.5, 0.6) is 0 Å². The molecule has 264 valence electrons. The topological polar surface area (TPSA) is 6.48 Å². The number of hydrogen-bond acceptors (Lipinski definition) is 3. The standard InChI is InChI=1S/C53H36N2S/c1-5-19-37(20-6-1)54(38-21-7-2-8-22-38)41-33-34-44-47(35-41)53(45-29-15-17-31-50(45)56-51-32-18-16-30-46(51)53)48-36-49(42-27-13-14-28-43(42)52(44)48)55(39-23-9-3-10-24-39)40-25-11-4-12-26-40/h1-36H. The molecular formula is C53H36N2S. The van der Waals surface area contributed by atoms with Gasteiger partial charge in [0, 0.05) is 43.6 Å². The number of hydrogen-bond donors (Lipinski definition) is 0. The maximum absolute atomic E-state index is 2.52. The Kier molecular flexibility index (Phi) is 7.68. The summed E-state index contributed by atoms with van der Waals surface area (Å²) >= 11 is 1.88. The first-order valence-corrected chi connectivity index (χ1v) is 20.0. The molecule has 1 aliphatic carbocycles. The molecule has 0 aromatic heterocycles. The lowest BCUT2D eigenvalue weighted by atomic mass is 9.67. The second kappa shape index (κ2) is 13.2. The summed E-state index contributed by atoms with van der Waals surface area (Å²) < 4.78 is 0. The summed E-state index contributed by atoms with van der Waals surface area (Å²) in [6, 6.07) is 80.0. The van der Waals surface area contributed by atoms with Crippen molar-refractivity contribution in [2.24, 2.45) is 0 Å². The molecule has 0 saturated carbocycles. The Morgan fingerprint density at radius 3 is 1.30 bits per heavy atom. The van der Waals surface area contributed by atoms with Crippen LogP contribution in [0.4, 0.5) is 34.1 Å². The molecule has 9 aromatic carbocycles. The van der Waals surface area contributed by atoms with E-state index in [1.54, 1.807) is 0 Å². The van der Waals surface area contributed by atoms with Crippen molar-refractivity contribution >= 4 is 56.7 Å². The van der Waals surface area contributed by atoms with Gasteiger partial charge in [0.1, 0.15) is 0 Å². The highest BCUT2D eigenvalue weighted by atomic mass is 32.2. The Bertz CT molecular complexity index is 2770. The quantitative estimate of drug-likeness (QED) is 0.168. The minimum Gasteiger partial charge on any atom is -0.310 e. The average molecular weight is 733 g/mol. The molecule has 2 aliphatic rings. The van der Waals surface area contributed by atoms with E-state index in [0.29, 0.717) is 0 Å². The molecule has 3 heteroatoms. The van der Waals surface area contributed by atoms with Gasteiger partial charge in [-0.3, -0.25) is 0 Å². The van der Waals surface area contributed by atoms with Crippen molar-refractivity contribution in [2.45, 2.75) is 15.2 Å². The molecule has 0 bridgehead atoms. The number of benzene rings is 9. The highest BCUT2D eigenvalue weighted by Crippen LogP contribution is 2.65. The van der Waals surface area contributed by atoms with Gasteiger partial charge in [0.05, 0.1) is 11.1 Å². The van der Waals surface area contributed by atoms with E-state index in [9.17, 15) is 0 Å². The highest BCUT2D eigenvalue weighted by molar-refractivity contribution is 7.99. The molecule has 1 spiro atoms. The first kappa shape index (κ1) is 32.6. The fourth-order valence-corrected chi connectivity index (χ4v) is 10.4. The normalized spacial score (nSPS) is 13.1. The Hall–Kier alpha value is -6.81. The average Bonchev–Trinajstić information content (AvgIpc) is 3.55. The lowest BCUT2D eigenvalue weighted by molar-refractivity contribution is 0.723. The summed E-state index contributed by atoms with van der Waals surface area (Å²) in [4.78, 5) is 7.40. The minimum absolute atomic E-state index is 0.587. The van der Waals surface area contributed by atoms with E-state index in [1.165, 1.54) is 53.9 Å². The molecule has 0 unspecified atom stereocenters. The number of fused-ring (bicyclic) bond motifs is 11. The van der Waals surface area contributed by atoms with Gasteiger partial charge in [-0.25, -0.2) is 0 Å². The van der Waals surface area contributed by atoms with Crippen LogP contribution in [0.25, 0.3) is 21.9 Å². The van der Waals surface area contributed by atoms with Crippen LogP contribution < -0.4 is 9.80 Å². The van der Waals surface area contributed by atoms with Gasteiger partial charge in [0.15, 0.2) is 0 Å². The Labute approximate surface area is 332 Å². The zero-order valence-electron chi connectivity index (χ0n) is 30.6. The molecule has 11 rings (SSSR count). The van der Waals surface area contributed by atoms with Crippen molar-refractivity contribution in [3.63, 3.8) is 0 Å². The van der Waals surface area contributed by atoms with E-state index >= 15 is 0 Å². The lowest BCUT2D eigenvalue weighted by Crippen LogP contribution is -2.32. The number of nitrogens with zero attached hydrogens (tertiary/aromatic N) is 2. The maximum atomic E-state index is 2.52. The van der Waals surface area contributed by atoms with Crippen LogP contribution >= 0.6 is 11.8 Å². The summed E-state index contributed by atoms with van der Waals surface area (Å²) in [5, 5.41) is 2.46. The predicted octanol–water partition coefficient (Wildman–Crippen LogP) is 14.6. The second-order valence-electron chi connectivity index (χ2n) is 14.5. The second-order valence-corrected chi connectivity index (χ2v) is 15.5. The molecule has 1 heterocycles. The Morgan fingerprint density at radius 2 is 0.768 bits per heavy atom. The van der Waals surface area contributed by atoms with Crippen molar-refractivity contribution in [1.82, 2.24) is 0 Å². The summed E-state index contributed by atoms with van der Waals surface area (Å²) in [5.74, 6) is 0. The van der Waals surface area contributed by atoms with Crippen LogP contribution in [0.2, 0.25) is 0 Å². The SMILES string of the molecule is c1ccc(N(c2ccccc2)c2ccc3c(c2)C2(c4ccccc4Sc4ccccc42)c2cc(N(c4ccccc4)c4ccccc4)c4ccccc4c2-3)cc1. The predicted molar refractivity (Wildman–Crippen MR) is 235 cm³/mol. The molecule has 0 fully saturated rings. The molecule has 56 heavy (non-hydrogen) atoms. The van der Waals surface area contributed by atoms with E-state index in [2.05, 4.69) is 228 Å². The Balaban J connectivity index is 1.28. The number of rotatable bonds is 6. The maximum Gasteiger partial charge on any atom is 0.0737 e. The fourth-order valence-electron chi connectivity index (χ4n) is 9.23. The number of anilines is 6. The molecule has 0 saturated heterocycles. The third kappa shape index (κ3) is 4.91. The molecule has 0 N–H and O–H groups in total. The molecule has 9 aromatic rings. The van der Waals surface area contributed by atoms with Crippen molar-refractivity contribution in [1.29, 1.82) is 0 Å². The minimum atomic E-state index is -0.587. The van der Waals surface area contributed by atoms with E-state index in [-0.39, 0.29) is 0 Å². The summed E-state index contributed by atoms with van der Waals surface area (Å²) in [6.45, 7) is 0. The van der Waals surface area contributed by atoms with E-state index in [0.717, 1.165) is 34.1 Å². The smallest absolute Gasteiger partial charge is 0.0737 e. The third-order valence-corrected chi connectivity index (χ3v) is 12.6. The van der Waals surface area contributed by atoms with Gasteiger partial charge in [-0.15, -0.1) is 0 Å². The zero-order valence-corrected chi connectivity index (χ0v) is 31.4.